The third kappa shape index (κ3) is 4.06. The molecular formula is C16H18N2O3. The minimum absolute atomic E-state index is 0.0767. The maximum Gasteiger partial charge on any atom is 0.303 e. The van der Waals surface area contributed by atoms with Gasteiger partial charge in [0.15, 0.2) is 0 Å². The molecule has 1 unspecified atom stereocenters. The molecule has 1 aliphatic rings. The standard InChI is InChI=1S/C16H18N2O3/c17-10-13-3-1-5-14(9-13)16(21)18-8-2-4-12(11-18)6-7-15(19)20/h1,3,5,9,12H,2,4,6-8,11H2,(H,19,20). The van der Waals surface area contributed by atoms with Crippen molar-refractivity contribution in [1.82, 2.24) is 4.90 Å². The molecule has 1 N–H and O–H groups in total. The molecule has 110 valence electrons. The summed E-state index contributed by atoms with van der Waals surface area (Å²) in [4.78, 5) is 24.9. The summed E-state index contributed by atoms with van der Waals surface area (Å²) in [6, 6.07) is 8.72. The number of carbonyl (C=O) groups excluding carboxylic acids is 1. The van der Waals surface area contributed by atoms with Gasteiger partial charge in [0.2, 0.25) is 0 Å². The number of piperidine rings is 1. The number of hydrogen-bond acceptors (Lipinski definition) is 3. The molecule has 0 saturated carbocycles. The van der Waals surface area contributed by atoms with Crippen molar-refractivity contribution in [3.05, 3.63) is 35.4 Å². The Hall–Kier alpha value is -2.35. The van der Waals surface area contributed by atoms with Crippen LogP contribution in [0.15, 0.2) is 24.3 Å². The smallest absolute Gasteiger partial charge is 0.303 e. The van der Waals surface area contributed by atoms with Crippen LogP contribution in [0.4, 0.5) is 0 Å². The lowest BCUT2D eigenvalue weighted by Gasteiger charge is -2.32. The van der Waals surface area contributed by atoms with Gasteiger partial charge in [-0.2, -0.15) is 5.26 Å². The second-order valence-electron chi connectivity index (χ2n) is 5.38. The maximum atomic E-state index is 12.5. The molecule has 1 heterocycles. The zero-order valence-electron chi connectivity index (χ0n) is 11.8. The van der Waals surface area contributed by atoms with Gasteiger partial charge in [-0.1, -0.05) is 6.07 Å². The Kier molecular flexibility index (Phi) is 4.94. The van der Waals surface area contributed by atoms with Crippen LogP contribution in [-0.4, -0.2) is 35.0 Å². The zero-order chi connectivity index (χ0) is 15.2. The molecule has 0 radical (unpaired) electrons. The Morgan fingerprint density at radius 3 is 2.95 bits per heavy atom. The largest absolute Gasteiger partial charge is 0.481 e. The average Bonchev–Trinajstić information content (AvgIpc) is 2.52. The number of likely N-dealkylation sites (tertiary alicyclic amines) is 1. The normalized spacial score (nSPS) is 18.0. The quantitative estimate of drug-likeness (QED) is 0.920. The Morgan fingerprint density at radius 1 is 1.43 bits per heavy atom. The van der Waals surface area contributed by atoms with E-state index in [0.29, 0.717) is 30.6 Å². The summed E-state index contributed by atoms with van der Waals surface area (Å²) in [5.41, 5.74) is 0.994. The highest BCUT2D eigenvalue weighted by Gasteiger charge is 2.24. The van der Waals surface area contributed by atoms with E-state index in [9.17, 15) is 9.59 Å². The van der Waals surface area contributed by atoms with Gasteiger partial charge in [0.05, 0.1) is 11.6 Å². The van der Waals surface area contributed by atoms with Crippen LogP contribution < -0.4 is 0 Å². The molecule has 0 bridgehead atoms. The van der Waals surface area contributed by atoms with E-state index in [2.05, 4.69) is 0 Å². The Labute approximate surface area is 123 Å². The monoisotopic (exact) mass is 286 g/mol. The molecule has 0 spiro atoms. The van der Waals surface area contributed by atoms with Crippen LogP contribution >= 0.6 is 0 Å². The van der Waals surface area contributed by atoms with Crippen molar-refractivity contribution >= 4 is 11.9 Å². The third-order valence-corrected chi connectivity index (χ3v) is 3.81. The van der Waals surface area contributed by atoms with E-state index in [1.807, 2.05) is 6.07 Å². The number of carboxylic acids is 1. The van der Waals surface area contributed by atoms with Gasteiger partial charge in [-0.05, 0) is 43.4 Å². The molecule has 1 saturated heterocycles. The van der Waals surface area contributed by atoms with Gasteiger partial charge < -0.3 is 10.0 Å². The van der Waals surface area contributed by atoms with E-state index in [1.165, 1.54) is 0 Å². The van der Waals surface area contributed by atoms with Gasteiger partial charge in [-0.3, -0.25) is 9.59 Å². The molecule has 21 heavy (non-hydrogen) atoms. The van der Waals surface area contributed by atoms with Crippen LogP contribution in [0.3, 0.4) is 0 Å². The SMILES string of the molecule is N#Cc1cccc(C(=O)N2CCCC(CCC(=O)O)C2)c1. The van der Waals surface area contributed by atoms with Crippen molar-refractivity contribution in [2.24, 2.45) is 5.92 Å². The second-order valence-corrected chi connectivity index (χ2v) is 5.38. The highest BCUT2D eigenvalue weighted by molar-refractivity contribution is 5.94. The van der Waals surface area contributed by atoms with Gasteiger partial charge in [0.1, 0.15) is 0 Å². The van der Waals surface area contributed by atoms with Crippen LogP contribution in [0, 0.1) is 17.2 Å². The summed E-state index contributed by atoms with van der Waals surface area (Å²) in [5, 5.41) is 17.6. The van der Waals surface area contributed by atoms with Crippen LogP contribution in [0.1, 0.15) is 41.6 Å². The van der Waals surface area contributed by atoms with E-state index in [0.717, 1.165) is 12.8 Å². The first kappa shape index (κ1) is 15.0. The number of aliphatic carboxylic acids is 1. The van der Waals surface area contributed by atoms with E-state index < -0.39 is 5.97 Å². The maximum absolute atomic E-state index is 12.5. The summed E-state index contributed by atoms with van der Waals surface area (Å²) in [5.74, 6) is -0.620. The molecule has 0 aliphatic carbocycles. The molecule has 2 rings (SSSR count). The lowest BCUT2D eigenvalue weighted by atomic mass is 9.93. The molecule has 1 atom stereocenters. The predicted octanol–water partition coefficient (Wildman–Crippen LogP) is 2.28. The lowest BCUT2D eigenvalue weighted by Crippen LogP contribution is -2.40. The number of nitrogens with zero attached hydrogens (tertiary/aromatic N) is 2. The van der Waals surface area contributed by atoms with E-state index in [1.54, 1.807) is 29.2 Å². The summed E-state index contributed by atoms with van der Waals surface area (Å²) in [7, 11) is 0. The van der Waals surface area contributed by atoms with Gasteiger partial charge in [-0.15, -0.1) is 0 Å². The van der Waals surface area contributed by atoms with Crippen LogP contribution in [0.2, 0.25) is 0 Å². The number of carboxylic acid groups (broad SMARTS) is 1. The lowest BCUT2D eigenvalue weighted by molar-refractivity contribution is -0.137. The number of nitriles is 1. The van der Waals surface area contributed by atoms with Crippen LogP contribution in [-0.2, 0) is 4.79 Å². The number of rotatable bonds is 4. The molecule has 1 fully saturated rings. The number of amides is 1. The molecule has 1 amide bonds. The Bertz CT molecular complexity index is 577. The van der Waals surface area contributed by atoms with Gasteiger partial charge in [-0.25, -0.2) is 0 Å². The van der Waals surface area contributed by atoms with Gasteiger partial charge >= 0.3 is 5.97 Å². The fourth-order valence-corrected chi connectivity index (χ4v) is 2.72. The van der Waals surface area contributed by atoms with Gasteiger partial charge in [0.25, 0.3) is 5.91 Å². The number of benzene rings is 1. The van der Waals surface area contributed by atoms with Crippen molar-refractivity contribution in [2.45, 2.75) is 25.7 Å². The van der Waals surface area contributed by atoms with Crippen molar-refractivity contribution in [2.75, 3.05) is 13.1 Å². The summed E-state index contributed by atoms with van der Waals surface area (Å²) in [6.07, 6.45) is 2.62. The molecule has 1 aromatic rings. The van der Waals surface area contributed by atoms with Crippen molar-refractivity contribution < 1.29 is 14.7 Å². The molecule has 1 aromatic carbocycles. The first-order chi connectivity index (χ1) is 10.1. The molecule has 0 aromatic heterocycles. The van der Waals surface area contributed by atoms with Gasteiger partial charge in [0, 0.05) is 25.1 Å². The van der Waals surface area contributed by atoms with Crippen molar-refractivity contribution in [3.63, 3.8) is 0 Å². The van der Waals surface area contributed by atoms with Crippen molar-refractivity contribution in [1.29, 1.82) is 5.26 Å². The van der Waals surface area contributed by atoms with Crippen molar-refractivity contribution in [3.8, 4) is 6.07 Å². The fraction of sp³-hybridized carbons (Fsp3) is 0.438. The average molecular weight is 286 g/mol. The highest BCUT2D eigenvalue weighted by atomic mass is 16.4. The second kappa shape index (κ2) is 6.89. The molecule has 1 aliphatic heterocycles. The highest BCUT2D eigenvalue weighted by Crippen LogP contribution is 2.22. The minimum atomic E-state index is -0.792. The molecule has 5 heteroatoms. The van der Waals surface area contributed by atoms with E-state index >= 15 is 0 Å². The molecule has 5 nitrogen and oxygen atoms in total. The summed E-state index contributed by atoms with van der Waals surface area (Å²) >= 11 is 0. The predicted molar refractivity (Wildman–Crippen MR) is 76.7 cm³/mol. The Morgan fingerprint density at radius 2 is 2.24 bits per heavy atom. The van der Waals surface area contributed by atoms with E-state index in [4.69, 9.17) is 10.4 Å². The zero-order valence-corrected chi connectivity index (χ0v) is 11.8. The number of carbonyl (C=O) groups is 2. The fourth-order valence-electron chi connectivity index (χ4n) is 2.72. The topological polar surface area (TPSA) is 81.4 Å². The summed E-state index contributed by atoms with van der Waals surface area (Å²) in [6.45, 7) is 1.29. The first-order valence-electron chi connectivity index (χ1n) is 7.11. The van der Waals surface area contributed by atoms with Crippen LogP contribution in [0.25, 0.3) is 0 Å². The minimum Gasteiger partial charge on any atom is -0.481 e. The Balaban J connectivity index is 2.01. The molecular weight excluding hydrogens is 268 g/mol. The first-order valence-corrected chi connectivity index (χ1v) is 7.11. The van der Waals surface area contributed by atoms with E-state index in [-0.39, 0.29) is 18.2 Å². The summed E-state index contributed by atoms with van der Waals surface area (Å²) < 4.78 is 0. The number of hydrogen-bond donors (Lipinski definition) is 1. The third-order valence-electron chi connectivity index (χ3n) is 3.81. The van der Waals surface area contributed by atoms with Crippen LogP contribution in [0.5, 0.6) is 0 Å².